The van der Waals surface area contributed by atoms with Crippen LogP contribution in [0.4, 0.5) is 0 Å². The minimum atomic E-state index is 0. The number of ether oxygens (including phenoxy) is 2. The van der Waals surface area contributed by atoms with Crippen LogP contribution in [0.25, 0.3) is 0 Å². The molecule has 0 aromatic heterocycles. The fraction of sp³-hybridized carbons (Fsp3) is 1.00. The number of rotatable bonds is 0. The van der Waals surface area contributed by atoms with Crippen LogP contribution in [0.2, 0.25) is 0 Å². The van der Waals surface area contributed by atoms with Crippen molar-refractivity contribution in [1.82, 2.24) is 0 Å². The van der Waals surface area contributed by atoms with Crippen molar-refractivity contribution in [2.24, 2.45) is 0 Å². The molecule has 2 saturated heterocycles. The molecule has 14 heavy (non-hydrogen) atoms. The van der Waals surface area contributed by atoms with Gasteiger partial charge in [-0.25, -0.2) is 0 Å². The fourth-order valence-electron chi connectivity index (χ4n) is 1.37. The topological polar surface area (TPSA) is 18.5 Å². The van der Waals surface area contributed by atoms with Crippen molar-refractivity contribution in [3.05, 3.63) is 0 Å². The van der Waals surface area contributed by atoms with E-state index in [1.54, 1.807) is 0 Å². The van der Waals surface area contributed by atoms with E-state index < -0.39 is 0 Å². The summed E-state index contributed by atoms with van der Waals surface area (Å²) < 4.78 is 10.1. The molecule has 0 spiro atoms. The first-order chi connectivity index (χ1) is 6.00. The summed E-state index contributed by atoms with van der Waals surface area (Å²) in [5.74, 6) is 0. The van der Waals surface area contributed by atoms with Gasteiger partial charge in [0.25, 0.3) is 0 Å². The van der Waals surface area contributed by atoms with E-state index in [-0.39, 0.29) is 30.0 Å². The first-order valence-electron chi connectivity index (χ1n) is 5.15. The van der Waals surface area contributed by atoms with E-state index in [1.165, 1.54) is 38.5 Å². The zero-order chi connectivity index (χ0) is 8.49. The van der Waals surface area contributed by atoms with E-state index in [0.717, 1.165) is 26.4 Å². The molecule has 2 rings (SSSR count). The van der Waals surface area contributed by atoms with Crippen LogP contribution in [0, 0.1) is 0 Å². The third-order valence-corrected chi connectivity index (χ3v) is 2.15. The van der Waals surface area contributed by atoms with Crippen molar-refractivity contribution in [2.45, 2.75) is 38.5 Å². The van der Waals surface area contributed by atoms with Crippen molar-refractivity contribution in [3.63, 3.8) is 0 Å². The molecule has 0 radical (unpaired) electrons. The summed E-state index contributed by atoms with van der Waals surface area (Å²) in [6.45, 7) is 4.00. The molecule has 0 aliphatic carbocycles. The van der Waals surface area contributed by atoms with Gasteiger partial charge in [-0.15, -0.1) is 12.4 Å². The average molecular weight is 285 g/mol. The molecule has 0 unspecified atom stereocenters. The van der Waals surface area contributed by atoms with E-state index in [9.17, 15) is 0 Å². The van der Waals surface area contributed by atoms with E-state index in [0.29, 0.717) is 0 Å². The predicted molar refractivity (Wildman–Crippen MR) is 67.9 cm³/mol. The molecule has 2 heterocycles. The van der Waals surface area contributed by atoms with Crippen LogP contribution in [0.3, 0.4) is 0 Å². The van der Waals surface area contributed by atoms with Crippen molar-refractivity contribution in [1.29, 1.82) is 0 Å². The van der Waals surface area contributed by atoms with Gasteiger partial charge < -0.3 is 9.47 Å². The van der Waals surface area contributed by atoms with Gasteiger partial charge in [0, 0.05) is 26.4 Å². The summed E-state index contributed by atoms with van der Waals surface area (Å²) >= 11 is 0. The van der Waals surface area contributed by atoms with Crippen LogP contribution in [0.1, 0.15) is 38.5 Å². The second kappa shape index (κ2) is 13.8. The Morgan fingerprint density at radius 1 is 0.500 bits per heavy atom. The van der Waals surface area contributed by atoms with E-state index in [2.05, 4.69) is 0 Å². The maximum absolute atomic E-state index is 5.07. The van der Waals surface area contributed by atoms with E-state index in [1.807, 2.05) is 0 Å². The van der Waals surface area contributed by atoms with Crippen molar-refractivity contribution in [2.75, 3.05) is 26.4 Å². The zero-order valence-electron chi connectivity index (χ0n) is 8.30. The Morgan fingerprint density at radius 3 is 0.857 bits per heavy atom. The average Bonchev–Trinajstić information content (AvgIpc) is 2.24. The summed E-state index contributed by atoms with van der Waals surface area (Å²) in [5.41, 5.74) is 0. The summed E-state index contributed by atoms with van der Waals surface area (Å²) in [5, 5.41) is 0. The van der Waals surface area contributed by atoms with Gasteiger partial charge >= 0.3 is 17.6 Å². The number of hydrogen-bond donors (Lipinski definition) is 0. The molecule has 2 nitrogen and oxygen atoms in total. The molecule has 0 bridgehead atoms. The Bertz CT molecular complexity index is 61.1. The van der Waals surface area contributed by atoms with Crippen LogP contribution in [-0.4, -0.2) is 44.0 Å². The zero-order valence-corrected chi connectivity index (χ0v) is 9.11. The molecule has 4 heteroatoms. The normalized spacial score (nSPS) is 20.6. The van der Waals surface area contributed by atoms with Gasteiger partial charge in [-0.1, -0.05) is 0 Å². The fourth-order valence-corrected chi connectivity index (χ4v) is 1.37. The summed E-state index contributed by atoms with van der Waals surface area (Å²) in [6, 6.07) is 0. The molecule has 2 fully saturated rings. The molecule has 0 N–H and O–H groups in total. The van der Waals surface area contributed by atoms with E-state index in [4.69, 9.17) is 9.47 Å². The van der Waals surface area contributed by atoms with Gasteiger partial charge in [-0.2, -0.15) is 0 Å². The summed E-state index contributed by atoms with van der Waals surface area (Å²) in [4.78, 5) is 0. The molecule has 0 amide bonds. The third kappa shape index (κ3) is 10.8. The molecular weight excluding hydrogens is 260 g/mol. The van der Waals surface area contributed by atoms with Gasteiger partial charge in [-0.05, 0) is 38.5 Å². The Hall–Kier alpha value is 0.753. The molecule has 0 atom stereocenters. The Kier molecular flexibility index (Phi) is 16.9. The SMILES string of the molecule is C1CCOCC1.C1CCOCC1.Cl.[GeH4]. The van der Waals surface area contributed by atoms with Crippen LogP contribution in [-0.2, 0) is 9.47 Å². The number of hydrogen-bond acceptors (Lipinski definition) is 2. The van der Waals surface area contributed by atoms with Crippen LogP contribution in [0.5, 0.6) is 0 Å². The predicted octanol–water partition coefficient (Wildman–Crippen LogP) is 1.34. The van der Waals surface area contributed by atoms with Gasteiger partial charge in [0.15, 0.2) is 0 Å². The van der Waals surface area contributed by atoms with Crippen molar-refractivity contribution < 1.29 is 9.47 Å². The standard InChI is InChI=1S/2C5H10O.ClH.GeH4/c2*1-2-4-6-5-3-1;;/h2*1-5H2;1H;1H4. The Morgan fingerprint density at radius 2 is 0.786 bits per heavy atom. The maximum atomic E-state index is 5.07. The third-order valence-electron chi connectivity index (χ3n) is 2.15. The second-order valence-corrected chi connectivity index (χ2v) is 3.35. The summed E-state index contributed by atoms with van der Waals surface area (Å²) in [7, 11) is 0. The Labute approximate surface area is 104 Å². The molecular formula is C10H25ClGeO2. The molecule has 0 aromatic rings. The van der Waals surface area contributed by atoms with Gasteiger partial charge in [0.05, 0.1) is 0 Å². The van der Waals surface area contributed by atoms with Gasteiger partial charge in [-0.3, -0.25) is 0 Å². The minimum absolute atomic E-state index is 0. The van der Waals surface area contributed by atoms with Gasteiger partial charge in [0.2, 0.25) is 0 Å². The molecule has 88 valence electrons. The van der Waals surface area contributed by atoms with Crippen molar-refractivity contribution >= 4 is 30.0 Å². The molecule has 2 aliphatic heterocycles. The first kappa shape index (κ1) is 17.2. The van der Waals surface area contributed by atoms with Crippen molar-refractivity contribution in [3.8, 4) is 0 Å². The molecule has 2 aliphatic rings. The first-order valence-corrected chi connectivity index (χ1v) is 5.15. The number of halogens is 1. The molecule has 0 aromatic carbocycles. The van der Waals surface area contributed by atoms with Crippen LogP contribution < -0.4 is 0 Å². The van der Waals surface area contributed by atoms with Crippen LogP contribution >= 0.6 is 12.4 Å². The van der Waals surface area contributed by atoms with Gasteiger partial charge in [0.1, 0.15) is 0 Å². The summed E-state index contributed by atoms with van der Waals surface area (Å²) in [6.07, 6.45) is 7.86. The Balaban J connectivity index is 0. The van der Waals surface area contributed by atoms with E-state index >= 15 is 0 Å². The second-order valence-electron chi connectivity index (χ2n) is 3.35. The van der Waals surface area contributed by atoms with Crippen LogP contribution in [0.15, 0.2) is 0 Å². The molecule has 0 saturated carbocycles. The quantitative estimate of drug-likeness (QED) is 0.626. The monoisotopic (exact) mass is 286 g/mol.